The number of hydrogen-bond donors (Lipinski definition) is 2. The van der Waals surface area contributed by atoms with Crippen LogP contribution in [0.25, 0.3) is 11.0 Å². The number of hydrogen-bond acceptors (Lipinski definition) is 6. The number of ketones is 1. The molecule has 2 aromatic rings. The van der Waals surface area contributed by atoms with Crippen LogP contribution in [0.15, 0.2) is 18.2 Å². The maximum Gasteiger partial charge on any atom is 0.452 e. The van der Waals surface area contributed by atoms with Gasteiger partial charge in [0.05, 0.1) is 11.6 Å². The Morgan fingerprint density at radius 3 is 2.50 bits per heavy atom. The number of carbonyl (C=O) groups excluding carboxylic acids is 4. The standard InChI is InChI=1S/C23H28F3N6O4/c1-3-8-15(19(33)23(24,25)26)27-20(34)18-12-7-13-31(18)21(35)16(9-4-2)28-22(36)32-17-11-6-5-10-14(17)29-30-32/h6,10-11,15-16,18H,3-4,7-9,12-13H2,1-2H3,(H,27,34)(H,28,36)/t15-,16-,18-/m0/s1. The van der Waals surface area contributed by atoms with E-state index in [4.69, 9.17) is 0 Å². The fourth-order valence-corrected chi connectivity index (χ4v) is 4.25. The van der Waals surface area contributed by atoms with Gasteiger partial charge in [-0.15, -0.1) is 5.10 Å². The van der Waals surface area contributed by atoms with E-state index in [0.29, 0.717) is 23.9 Å². The summed E-state index contributed by atoms with van der Waals surface area (Å²) in [5.74, 6) is -3.38. The van der Waals surface area contributed by atoms with E-state index >= 15 is 0 Å². The van der Waals surface area contributed by atoms with Crippen molar-refractivity contribution in [2.45, 2.75) is 76.7 Å². The quantitative estimate of drug-likeness (QED) is 0.535. The van der Waals surface area contributed by atoms with Gasteiger partial charge >= 0.3 is 12.2 Å². The molecular formula is C23H28F3N6O4. The monoisotopic (exact) mass is 509 g/mol. The fraction of sp³-hybridized carbons (Fsp3) is 0.565. The molecule has 0 unspecified atom stereocenters. The van der Waals surface area contributed by atoms with Crippen molar-refractivity contribution in [3.05, 3.63) is 24.3 Å². The minimum Gasteiger partial charge on any atom is -0.344 e. The first-order valence-corrected chi connectivity index (χ1v) is 11.8. The van der Waals surface area contributed by atoms with Crippen molar-refractivity contribution in [2.24, 2.45) is 0 Å². The summed E-state index contributed by atoms with van der Waals surface area (Å²) in [6.07, 6.45) is -3.53. The molecule has 0 saturated carbocycles. The maximum atomic E-state index is 13.4. The first-order valence-electron chi connectivity index (χ1n) is 11.8. The van der Waals surface area contributed by atoms with Crippen LogP contribution in [-0.4, -0.2) is 74.4 Å². The smallest absolute Gasteiger partial charge is 0.344 e. The third kappa shape index (κ3) is 6.00. The summed E-state index contributed by atoms with van der Waals surface area (Å²) >= 11 is 0. The first-order chi connectivity index (χ1) is 17.1. The minimum atomic E-state index is -5.08. The molecule has 1 aromatic carbocycles. The molecule has 2 N–H and O–H groups in total. The SMILES string of the molecule is CCC[C@H](NC(=O)n1nnc2c[c]ccc21)C(=O)N1CCC[C@H]1C(=O)N[C@@H](CCC)C(=O)C(F)(F)F. The van der Waals surface area contributed by atoms with Crippen molar-refractivity contribution in [2.75, 3.05) is 6.54 Å². The number of Topliss-reactive ketones (excluding diaryl/α,β-unsaturated/α-hetero) is 1. The third-order valence-electron chi connectivity index (χ3n) is 5.98. The molecule has 1 fully saturated rings. The molecule has 0 bridgehead atoms. The molecule has 2 heterocycles. The predicted molar refractivity (Wildman–Crippen MR) is 122 cm³/mol. The lowest BCUT2D eigenvalue weighted by Gasteiger charge is -2.29. The molecule has 3 rings (SSSR count). The number of nitrogens with one attached hydrogen (secondary N) is 2. The van der Waals surface area contributed by atoms with Gasteiger partial charge in [0.25, 0.3) is 5.78 Å². The van der Waals surface area contributed by atoms with Gasteiger partial charge in [0, 0.05) is 6.54 Å². The van der Waals surface area contributed by atoms with Crippen LogP contribution in [0, 0.1) is 6.07 Å². The Morgan fingerprint density at radius 2 is 1.83 bits per heavy atom. The largest absolute Gasteiger partial charge is 0.452 e. The molecular weight excluding hydrogens is 481 g/mol. The second-order valence-electron chi connectivity index (χ2n) is 8.61. The number of halogens is 3. The lowest BCUT2D eigenvalue weighted by Crippen LogP contribution is -2.56. The molecule has 36 heavy (non-hydrogen) atoms. The molecule has 1 radical (unpaired) electrons. The molecule has 1 aromatic heterocycles. The molecule has 1 aliphatic heterocycles. The molecule has 3 amide bonds. The van der Waals surface area contributed by atoms with Crippen molar-refractivity contribution in [3.63, 3.8) is 0 Å². The van der Waals surface area contributed by atoms with E-state index in [1.54, 1.807) is 25.1 Å². The van der Waals surface area contributed by atoms with Gasteiger partial charge in [-0.2, -0.15) is 17.9 Å². The van der Waals surface area contributed by atoms with Crippen LogP contribution in [-0.2, 0) is 14.4 Å². The lowest BCUT2D eigenvalue weighted by atomic mass is 10.1. The Kier molecular flexibility index (Phi) is 8.64. The highest BCUT2D eigenvalue weighted by atomic mass is 19.4. The highest BCUT2D eigenvalue weighted by Crippen LogP contribution is 2.23. The second-order valence-corrected chi connectivity index (χ2v) is 8.61. The van der Waals surface area contributed by atoms with Gasteiger partial charge in [0.15, 0.2) is 0 Å². The number of benzene rings is 1. The van der Waals surface area contributed by atoms with E-state index < -0.39 is 47.9 Å². The van der Waals surface area contributed by atoms with Crippen molar-refractivity contribution in [3.8, 4) is 0 Å². The summed E-state index contributed by atoms with van der Waals surface area (Å²) in [6.45, 7) is 3.61. The van der Waals surface area contributed by atoms with Gasteiger partial charge in [-0.25, -0.2) is 4.79 Å². The van der Waals surface area contributed by atoms with Gasteiger partial charge in [0.2, 0.25) is 11.8 Å². The van der Waals surface area contributed by atoms with Crippen LogP contribution in [0.5, 0.6) is 0 Å². The van der Waals surface area contributed by atoms with E-state index in [2.05, 4.69) is 27.0 Å². The number of fused-ring (bicyclic) bond motifs is 1. The number of rotatable bonds is 9. The summed E-state index contributed by atoms with van der Waals surface area (Å²) in [5, 5.41) is 12.5. The number of aromatic nitrogens is 3. The maximum absolute atomic E-state index is 13.4. The zero-order valence-electron chi connectivity index (χ0n) is 20.0. The number of amides is 3. The van der Waals surface area contributed by atoms with Gasteiger partial charge in [-0.1, -0.05) is 38.0 Å². The summed E-state index contributed by atoms with van der Waals surface area (Å²) in [7, 11) is 0. The average molecular weight is 510 g/mol. The van der Waals surface area contributed by atoms with E-state index in [1.807, 2.05) is 6.92 Å². The molecule has 1 saturated heterocycles. The molecule has 3 atom stereocenters. The van der Waals surface area contributed by atoms with Crippen LogP contribution >= 0.6 is 0 Å². The Balaban J connectivity index is 1.74. The van der Waals surface area contributed by atoms with Gasteiger partial charge in [-0.05, 0) is 43.9 Å². The summed E-state index contributed by atoms with van der Waals surface area (Å²) in [6, 6.07) is 3.13. The van der Waals surface area contributed by atoms with E-state index in [0.717, 1.165) is 4.68 Å². The number of nitrogens with zero attached hydrogens (tertiary/aromatic N) is 4. The van der Waals surface area contributed by atoms with Crippen LogP contribution < -0.4 is 10.6 Å². The molecule has 13 heteroatoms. The highest BCUT2D eigenvalue weighted by molar-refractivity contribution is 5.97. The van der Waals surface area contributed by atoms with Crippen molar-refractivity contribution >= 4 is 34.7 Å². The number of carbonyl (C=O) groups is 4. The van der Waals surface area contributed by atoms with E-state index in [1.165, 1.54) is 4.90 Å². The van der Waals surface area contributed by atoms with Crippen molar-refractivity contribution in [1.82, 2.24) is 30.5 Å². The van der Waals surface area contributed by atoms with E-state index in [9.17, 15) is 32.3 Å². The van der Waals surface area contributed by atoms with Crippen molar-refractivity contribution in [1.29, 1.82) is 0 Å². The molecule has 195 valence electrons. The van der Waals surface area contributed by atoms with Gasteiger partial charge in [-0.3, -0.25) is 14.4 Å². The first kappa shape index (κ1) is 27.1. The van der Waals surface area contributed by atoms with Crippen LogP contribution in [0.3, 0.4) is 0 Å². The minimum absolute atomic E-state index is 0.178. The summed E-state index contributed by atoms with van der Waals surface area (Å²) in [5.41, 5.74) is 0.862. The lowest BCUT2D eigenvalue weighted by molar-refractivity contribution is -0.174. The summed E-state index contributed by atoms with van der Waals surface area (Å²) < 4.78 is 39.9. The third-order valence-corrected chi connectivity index (χ3v) is 5.98. The molecule has 0 aliphatic carbocycles. The zero-order chi connectivity index (χ0) is 26.5. The Hall–Kier alpha value is -3.51. The molecule has 0 spiro atoms. The Labute approximate surface area is 205 Å². The second kappa shape index (κ2) is 11.5. The highest BCUT2D eigenvalue weighted by Gasteiger charge is 2.45. The van der Waals surface area contributed by atoms with E-state index in [-0.39, 0.29) is 32.2 Å². The molecule has 1 aliphatic rings. The van der Waals surface area contributed by atoms with Gasteiger partial charge < -0.3 is 15.5 Å². The van der Waals surface area contributed by atoms with Gasteiger partial charge in [0.1, 0.15) is 17.6 Å². The van der Waals surface area contributed by atoms with Crippen LogP contribution in [0.1, 0.15) is 52.4 Å². The van der Waals surface area contributed by atoms with Crippen LogP contribution in [0.4, 0.5) is 18.0 Å². The molecule has 10 nitrogen and oxygen atoms in total. The van der Waals surface area contributed by atoms with Crippen LogP contribution in [0.2, 0.25) is 0 Å². The normalized spacial score (nSPS) is 17.6. The Bertz CT molecular complexity index is 1120. The fourth-order valence-electron chi connectivity index (χ4n) is 4.25. The number of alkyl halides is 3. The number of likely N-dealkylation sites (tertiary alicyclic amines) is 1. The summed E-state index contributed by atoms with van der Waals surface area (Å²) in [4.78, 5) is 52.1. The topological polar surface area (TPSA) is 126 Å². The zero-order valence-corrected chi connectivity index (χ0v) is 20.0. The average Bonchev–Trinajstić information content (AvgIpc) is 3.49. The predicted octanol–water partition coefficient (Wildman–Crippen LogP) is 2.37. The Morgan fingerprint density at radius 1 is 1.14 bits per heavy atom. The van der Waals surface area contributed by atoms with Crippen molar-refractivity contribution < 1.29 is 32.3 Å².